The van der Waals surface area contributed by atoms with E-state index in [-0.39, 0.29) is 5.69 Å². The molecule has 0 aliphatic heterocycles. The second-order valence-electron chi connectivity index (χ2n) is 6.17. The first-order valence-electron chi connectivity index (χ1n) is 8.46. The van der Waals surface area contributed by atoms with Crippen molar-refractivity contribution in [3.8, 4) is 0 Å². The van der Waals surface area contributed by atoms with Gasteiger partial charge in [-0.15, -0.1) is 11.3 Å². The van der Waals surface area contributed by atoms with Gasteiger partial charge < -0.3 is 10.1 Å². The van der Waals surface area contributed by atoms with Crippen LogP contribution in [0.3, 0.4) is 0 Å². The number of rotatable bonds is 5. The molecule has 0 radical (unpaired) electrons. The fourth-order valence-electron chi connectivity index (χ4n) is 2.90. The lowest BCUT2D eigenvalue weighted by Gasteiger charge is -2.06. The lowest BCUT2D eigenvalue weighted by molar-refractivity contribution is -0.387. The fraction of sp³-hybridized carbons (Fsp3) is 0.333. The fourth-order valence-corrected chi connectivity index (χ4v) is 4.05. The van der Waals surface area contributed by atoms with Gasteiger partial charge in [0.15, 0.2) is 6.61 Å². The van der Waals surface area contributed by atoms with Crippen LogP contribution < -0.4 is 5.32 Å². The average molecular weight is 392 g/mol. The van der Waals surface area contributed by atoms with E-state index in [4.69, 9.17) is 4.74 Å². The largest absolute Gasteiger partial charge is 0.451 e. The monoisotopic (exact) mass is 392 g/mol. The number of esters is 1. The van der Waals surface area contributed by atoms with E-state index in [1.807, 2.05) is 6.07 Å². The summed E-state index contributed by atoms with van der Waals surface area (Å²) in [6.07, 6.45) is 5.29. The summed E-state index contributed by atoms with van der Waals surface area (Å²) < 4.78 is 18.3. The minimum absolute atomic E-state index is 0.0481. The molecular formula is C18H17FN2O5S. The van der Waals surface area contributed by atoms with Crippen molar-refractivity contribution in [2.75, 3.05) is 11.9 Å². The van der Waals surface area contributed by atoms with Crippen LogP contribution in [0.1, 0.15) is 39.4 Å². The molecule has 27 heavy (non-hydrogen) atoms. The number of halogens is 1. The summed E-state index contributed by atoms with van der Waals surface area (Å²) >= 11 is 1.40. The summed E-state index contributed by atoms with van der Waals surface area (Å²) in [6.45, 7) is -0.535. The lowest BCUT2D eigenvalue weighted by atomic mass is 10.1. The zero-order valence-electron chi connectivity index (χ0n) is 14.3. The summed E-state index contributed by atoms with van der Waals surface area (Å²) in [4.78, 5) is 35.6. The summed E-state index contributed by atoms with van der Waals surface area (Å²) in [7, 11) is 0. The second-order valence-corrected chi connectivity index (χ2v) is 7.30. The number of carbonyl (C=O) groups is 2. The smallest absolute Gasteiger partial charge is 0.348 e. The van der Waals surface area contributed by atoms with E-state index in [0.29, 0.717) is 4.88 Å². The SMILES string of the molecule is O=C(COC(=O)c1cc2c(s1)CCCCC2)Nc1ccc(F)c([N+](=O)[O-])c1. The summed E-state index contributed by atoms with van der Waals surface area (Å²) in [5.41, 5.74) is 0.476. The number of benzene rings is 1. The normalized spacial score (nSPS) is 13.4. The number of nitrogens with one attached hydrogen (secondary N) is 1. The molecule has 1 amide bonds. The number of nitro benzene ring substituents is 1. The maximum Gasteiger partial charge on any atom is 0.348 e. The molecule has 1 aromatic heterocycles. The number of nitrogens with zero attached hydrogens (tertiary/aromatic N) is 1. The Balaban J connectivity index is 1.57. The van der Waals surface area contributed by atoms with Crippen molar-refractivity contribution in [2.24, 2.45) is 0 Å². The van der Waals surface area contributed by atoms with Gasteiger partial charge in [0.25, 0.3) is 5.91 Å². The van der Waals surface area contributed by atoms with Crippen LogP contribution in [-0.2, 0) is 22.4 Å². The van der Waals surface area contributed by atoms with Gasteiger partial charge in [-0.05, 0) is 49.4 Å². The second kappa shape index (κ2) is 8.26. The molecule has 0 unspecified atom stereocenters. The minimum Gasteiger partial charge on any atom is -0.451 e. The molecule has 0 saturated carbocycles. The Bertz CT molecular complexity index is 872. The zero-order valence-corrected chi connectivity index (χ0v) is 15.1. The third-order valence-corrected chi connectivity index (χ3v) is 5.43. The molecule has 0 bridgehead atoms. The van der Waals surface area contributed by atoms with Crippen LogP contribution in [0, 0.1) is 15.9 Å². The highest BCUT2D eigenvalue weighted by molar-refractivity contribution is 7.14. The van der Waals surface area contributed by atoms with Gasteiger partial charge in [-0.3, -0.25) is 14.9 Å². The van der Waals surface area contributed by atoms with Gasteiger partial charge in [0.05, 0.1) is 4.92 Å². The van der Waals surface area contributed by atoms with E-state index in [1.54, 1.807) is 0 Å². The third kappa shape index (κ3) is 4.68. The van der Waals surface area contributed by atoms with Gasteiger partial charge in [-0.2, -0.15) is 4.39 Å². The maximum absolute atomic E-state index is 13.3. The van der Waals surface area contributed by atoms with Crippen molar-refractivity contribution in [3.05, 3.63) is 55.5 Å². The van der Waals surface area contributed by atoms with Crippen molar-refractivity contribution in [1.29, 1.82) is 0 Å². The lowest BCUT2D eigenvalue weighted by Crippen LogP contribution is -2.20. The highest BCUT2D eigenvalue weighted by atomic mass is 32.1. The molecule has 0 atom stereocenters. The number of anilines is 1. The molecule has 1 aromatic carbocycles. The van der Waals surface area contributed by atoms with Crippen LogP contribution in [0.2, 0.25) is 0 Å². The van der Waals surface area contributed by atoms with Crippen LogP contribution in [0.25, 0.3) is 0 Å². The number of nitro groups is 1. The van der Waals surface area contributed by atoms with Crippen LogP contribution in [0.15, 0.2) is 24.3 Å². The number of carbonyl (C=O) groups excluding carboxylic acids is 2. The van der Waals surface area contributed by atoms with E-state index < -0.39 is 34.9 Å². The molecule has 1 aliphatic rings. The minimum atomic E-state index is -0.998. The van der Waals surface area contributed by atoms with E-state index >= 15 is 0 Å². The molecule has 1 N–H and O–H groups in total. The van der Waals surface area contributed by atoms with E-state index in [2.05, 4.69) is 5.32 Å². The Labute approximate surface area is 158 Å². The van der Waals surface area contributed by atoms with Crippen molar-refractivity contribution >= 4 is 34.6 Å². The summed E-state index contributed by atoms with van der Waals surface area (Å²) in [6, 6.07) is 4.82. The zero-order chi connectivity index (χ0) is 19.4. The topological polar surface area (TPSA) is 98.5 Å². The molecule has 0 fully saturated rings. The molecule has 7 nitrogen and oxygen atoms in total. The number of thiophene rings is 1. The van der Waals surface area contributed by atoms with Gasteiger partial charge >= 0.3 is 11.7 Å². The summed E-state index contributed by atoms with van der Waals surface area (Å²) in [5, 5.41) is 13.1. The molecule has 3 rings (SSSR count). The molecule has 1 aliphatic carbocycles. The number of ether oxygens (including phenoxy) is 1. The Morgan fingerprint density at radius 2 is 2.00 bits per heavy atom. The first-order valence-corrected chi connectivity index (χ1v) is 9.28. The highest BCUT2D eigenvalue weighted by Gasteiger charge is 2.19. The number of hydrogen-bond donors (Lipinski definition) is 1. The quantitative estimate of drug-likeness (QED) is 0.361. The average Bonchev–Trinajstić information content (AvgIpc) is 2.92. The van der Waals surface area contributed by atoms with Crippen molar-refractivity contribution in [3.63, 3.8) is 0 Å². The van der Waals surface area contributed by atoms with Crippen LogP contribution in [0.4, 0.5) is 15.8 Å². The number of fused-ring (bicyclic) bond motifs is 1. The van der Waals surface area contributed by atoms with Gasteiger partial charge in [0.1, 0.15) is 4.88 Å². The first kappa shape index (κ1) is 19.0. The van der Waals surface area contributed by atoms with Crippen LogP contribution >= 0.6 is 11.3 Å². The Kier molecular flexibility index (Phi) is 5.80. The molecule has 142 valence electrons. The predicted molar refractivity (Wildman–Crippen MR) is 97.5 cm³/mol. The number of aryl methyl sites for hydroxylation is 2. The predicted octanol–water partition coefficient (Wildman–Crippen LogP) is 3.86. The molecule has 1 heterocycles. The van der Waals surface area contributed by atoms with Crippen molar-refractivity contribution < 1.29 is 23.6 Å². The Morgan fingerprint density at radius 1 is 1.22 bits per heavy atom. The molecule has 9 heteroatoms. The van der Waals surface area contributed by atoms with Crippen molar-refractivity contribution in [1.82, 2.24) is 0 Å². The highest BCUT2D eigenvalue weighted by Crippen LogP contribution is 2.29. The summed E-state index contributed by atoms with van der Waals surface area (Å²) in [5.74, 6) is -2.24. The van der Waals surface area contributed by atoms with Crippen LogP contribution in [-0.4, -0.2) is 23.4 Å². The Hall–Kier alpha value is -2.81. The van der Waals surface area contributed by atoms with Crippen LogP contribution in [0.5, 0.6) is 0 Å². The van der Waals surface area contributed by atoms with Gasteiger partial charge in [-0.1, -0.05) is 6.42 Å². The number of hydrogen-bond acceptors (Lipinski definition) is 6. The molecule has 0 saturated heterocycles. The molecular weight excluding hydrogens is 375 g/mol. The molecule has 2 aromatic rings. The Morgan fingerprint density at radius 3 is 2.78 bits per heavy atom. The maximum atomic E-state index is 13.3. The van der Waals surface area contributed by atoms with Gasteiger partial charge in [0.2, 0.25) is 5.82 Å². The molecule has 0 spiro atoms. The van der Waals surface area contributed by atoms with E-state index in [1.165, 1.54) is 34.3 Å². The first-order chi connectivity index (χ1) is 12.9. The standard InChI is InChI=1S/C18H17FN2O5S/c19-13-7-6-12(9-14(13)21(24)25)20-17(22)10-26-18(23)16-8-11-4-2-1-3-5-15(11)27-16/h6-9H,1-5,10H2,(H,20,22). The van der Waals surface area contributed by atoms with Gasteiger partial charge in [-0.25, -0.2) is 4.79 Å². The van der Waals surface area contributed by atoms with E-state index in [9.17, 15) is 24.1 Å². The third-order valence-electron chi connectivity index (χ3n) is 4.21. The van der Waals surface area contributed by atoms with E-state index in [0.717, 1.165) is 37.8 Å². The van der Waals surface area contributed by atoms with Crippen molar-refractivity contribution in [2.45, 2.75) is 32.1 Å². The number of amides is 1. The van der Waals surface area contributed by atoms with Gasteiger partial charge in [0, 0.05) is 16.6 Å².